The lowest BCUT2D eigenvalue weighted by atomic mass is 9.65. The second-order valence-electron chi connectivity index (χ2n) is 12.1. The van der Waals surface area contributed by atoms with E-state index in [9.17, 15) is 9.59 Å². The number of hydrogen-bond donors (Lipinski definition) is 1. The summed E-state index contributed by atoms with van der Waals surface area (Å²) in [4.78, 5) is 31.4. The summed E-state index contributed by atoms with van der Waals surface area (Å²) >= 11 is 1.82. The Morgan fingerprint density at radius 1 is 1.03 bits per heavy atom. The van der Waals surface area contributed by atoms with Gasteiger partial charge in [0.2, 0.25) is 0 Å². The first-order chi connectivity index (χ1) is 18.7. The monoisotopic (exact) mass is 552 g/mol. The second kappa shape index (κ2) is 13.3. The van der Waals surface area contributed by atoms with E-state index in [1.54, 1.807) is 12.1 Å². The van der Waals surface area contributed by atoms with Crippen LogP contribution in [0.3, 0.4) is 0 Å². The zero-order chi connectivity index (χ0) is 27.9. The molecule has 39 heavy (non-hydrogen) atoms. The summed E-state index contributed by atoms with van der Waals surface area (Å²) in [5, 5.41) is 2.92. The summed E-state index contributed by atoms with van der Waals surface area (Å²) < 4.78 is 12.0. The molecule has 2 fully saturated rings. The molecule has 2 saturated carbocycles. The minimum Gasteiger partial charge on any atom is -0.456 e. The maximum Gasteiger partial charge on any atom is 0.340 e. The van der Waals surface area contributed by atoms with E-state index in [4.69, 9.17) is 9.47 Å². The van der Waals surface area contributed by atoms with Crippen LogP contribution in [0.1, 0.15) is 114 Å². The largest absolute Gasteiger partial charge is 0.456 e. The van der Waals surface area contributed by atoms with E-state index in [2.05, 4.69) is 29.4 Å². The molecule has 7 heteroatoms. The molecule has 1 aromatic heterocycles. The SMILES string of the molecule is CCCSc1ccc(C(OC2CCC3(CCCCC3)CC2)C(=O)Nc2ccc(C(=O)OC(C)(C)C)cn2)cc1. The lowest BCUT2D eigenvalue weighted by Crippen LogP contribution is -2.35. The van der Waals surface area contributed by atoms with Crippen LogP contribution in [0.5, 0.6) is 0 Å². The van der Waals surface area contributed by atoms with Gasteiger partial charge in [-0.1, -0.05) is 38.3 Å². The Kier molecular flexibility index (Phi) is 10.1. The van der Waals surface area contributed by atoms with Crippen molar-refractivity contribution in [1.29, 1.82) is 0 Å². The number of pyridine rings is 1. The third-order valence-corrected chi connectivity index (χ3v) is 9.00. The van der Waals surface area contributed by atoms with E-state index in [0.717, 1.165) is 30.6 Å². The average Bonchev–Trinajstić information content (AvgIpc) is 2.92. The lowest BCUT2D eigenvalue weighted by molar-refractivity contribution is -0.135. The van der Waals surface area contributed by atoms with E-state index >= 15 is 0 Å². The highest BCUT2D eigenvalue weighted by molar-refractivity contribution is 7.99. The number of amides is 1. The number of benzene rings is 1. The van der Waals surface area contributed by atoms with Crippen molar-refractivity contribution >= 4 is 29.5 Å². The number of carbonyl (C=O) groups is 2. The molecule has 6 nitrogen and oxygen atoms in total. The zero-order valence-electron chi connectivity index (χ0n) is 24.0. The first-order valence-electron chi connectivity index (χ1n) is 14.5. The smallest absolute Gasteiger partial charge is 0.340 e. The van der Waals surface area contributed by atoms with Crippen molar-refractivity contribution in [2.24, 2.45) is 5.41 Å². The van der Waals surface area contributed by atoms with Gasteiger partial charge in [0, 0.05) is 11.1 Å². The molecule has 1 spiro atoms. The molecule has 4 rings (SSSR count). The van der Waals surface area contributed by atoms with Gasteiger partial charge in [-0.25, -0.2) is 9.78 Å². The summed E-state index contributed by atoms with van der Waals surface area (Å²) in [7, 11) is 0. The summed E-state index contributed by atoms with van der Waals surface area (Å²) in [6.45, 7) is 7.64. The molecule has 1 amide bonds. The standard InChI is InChI=1S/C32H44N2O4S/c1-5-21-39-26-12-9-23(10-13-26)28(37-25-15-19-32(20-16-25)17-7-6-8-18-32)29(35)34-27-14-11-24(22-33-27)30(36)38-31(2,3)4/h9-14,22,25,28H,5-8,15-21H2,1-4H3,(H,33,34,35). The Morgan fingerprint density at radius 3 is 2.31 bits per heavy atom. The van der Waals surface area contributed by atoms with Gasteiger partial charge < -0.3 is 14.8 Å². The van der Waals surface area contributed by atoms with E-state index in [1.807, 2.05) is 44.7 Å². The molecule has 0 saturated heterocycles. The Morgan fingerprint density at radius 2 is 1.72 bits per heavy atom. The number of carbonyl (C=O) groups excluding carboxylic acids is 2. The number of thioether (sulfide) groups is 1. The van der Waals surface area contributed by atoms with E-state index < -0.39 is 17.7 Å². The highest BCUT2D eigenvalue weighted by atomic mass is 32.2. The van der Waals surface area contributed by atoms with Gasteiger partial charge in [-0.3, -0.25) is 4.79 Å². The third-order valence-electron chi connectivity index (χ3n) is 7.78. The molecule has 212 valence electrons. The first-order valence-corrected chi connectivity index (χ1v) is 15.5. The van der Waals surface area contributed by atoms with E-state index in [1.165, 1.54) is 56.0 Å². The molecule has 2 aromatic rings. The Hall–Kier alpha value is -2.38. The fourth-order valence-corrected chi connectivity index (χ4v) is 6.47. The van der Waals surface area contributed by atoms with Gasteiger partial charge in [0.05, 0.1) is 11.7 Å². The van der Waals surface area contributed by atoms with Crippen LogP contribution in [-0.4, -0.2) is 34.3 Å². The Labute approximate surface area is 238 Å². The van der Waals surface area contributed by atoms with Crippen LogP contribution in [0.2, 0.25) is 0 Å². The van der Waals surface area contributed by atoms with Gasteiger partial charge in [0.25, 0.3) is 5.91 Å². The molecule has 2 aliphatic carbocycles. The minimum atomic E-state index is -0.729. The van der Waals surface area contributed by atoms with Crippen LogP contribution < -0.4 is 5.32 Å². The van der Waals surface area contributed by atoms with Crippen LogP contribution in [0.25, 0.3) is 0 Å². The maximum atomic E-state index is 13.6. The molecule has 1 aromatic carbocycles. The molecule has 1 N–H and O–H groups in total. The fraction of sp³-hybridized carbons (Fsp3) is 0.594. The Balaban J connectivity index is 1.45. The van der Waals surface area contributed by atoms with Crippen LogP contribution in [-0.2, 0) is 14.3 Å². The number of aromatic nitrogens is 1. The average molecular weight is 553 g/mol. The second-order valence-corrected chi connectivity index (χ2v) is 13.3. The van der Waals surface area contributed by atoms with E-state index in [0.29, 0.717) is 16.8 Å². The number of nitrogens with zero attached hydrogens (tertiary/aromatic N) is 1. The highest BCUT2D eigenvalue weighted by Crippen LogP contribution is 2.48. The number of ether oxygens (including phenoxy) is 2. The zero-order valence-corrected chi connectivity index (χ0v) is 24.8. The van der Waals surface area contributed by atoms with Gasteiger partial charge in [0.1, 0.15) is 11.4 Å². The molecule has 1 atom stereocenters. The van der Waals surface area contributed by atoms with Gasteiger partial charge >= 0.3 is 5.97 Å². The number of hydrogen-bond acceptors (Lipinski definition) is 6. The van der Waals surface area contributed by atoms with Crippen molar-refractivity contribution < 1.29 is 19.1 Å². The van der Waals surface area contributed by atoms with Gasteiger partial charge in [0.15, 0.2) is 6.10 Å². The molecular weight excluding hydrogens is 508 g/mol. The van der Waals surface area contributed by atoms with Crippen LogP contribution in [0.4, 0.5) is 5.82 Å². The van der Waals surface area contributed by atoms with Gasteiger partial charge in [-0.2, -0.15) is 0 Å². The van der Waals surface area contributed by atoms with Crippen molar-refractivity contribution in [2.75, 3.05) is 11.1 Å². The van der Waals surface area contributed by atoms with E-state index in [-0.39, 0.29) is 12.0 Å². The lowest BCUT2D eigenvalue weighted by Gasteiger charge is -2.43. The third kappa shape index (κ3) is 8.55. The van der Waals surface area contributed by atoms with Crippen molar-refractivity contribution in [1.82, 2.24) is 4.98 Å². The summed E-state index contributed by atoms with van der Waals surface area (Å²) in [5.74, 6) is 0.748. The fourth-order valence-electron chi connectivity index (χ4n) is 5.70. The maximum absolute atomic E-state index is 13.6. The predicted molar refractivity (Wildman–Crippen MR) is 157 cm³/mol. The van der Waals surface area contributed by atoms with Crippen LogP contribution >= 0.6 is 11.8 Å². The number of nitrogens with one attached hydrogen (secondary N) is 1. The molecule has 1 heterocycles. The molecule has 0 bridgehead atoms. The quantitative estimate of drug-likeness (QED) is 0.250. The van der Waals surface area contributed by atoms with Crippen molar-refractivity contribution in [3.8, 4) is 0 Å². The number of rotatable bonds is 9. The van der Waals surface area contributed by atoms with Crippen molar-refractivity contribution in [3.05, 3.63) is 53.7 Å². The molecule has 0 radical (unpaired) electrons. The van der Waals surface area contributed by atoms with Gasteiger partial charge in [-0.05, 0) is 107 Å². The molecule has 1 unspecified atom stereocenters. The van der Waals surface area contributed by atoms with Crippen LogP contribution in [0.15, 0.2) is 47.5 Å². The first kappa shape index (κ1) is 29.6. The number of anilines is 1. The topological polar surface area (TPSA) is 77.5 Å². The van der Waals surface area contributed by atoms with Crippen LogP contribution in [0, 0.1) is 5.41 Å². The normalized spacial score (nSPS) is 18.5. The Bertz CT molecular complexity index is 1080. The summed E-state index contributed by atoms with van der Waals surface area (Å²) in [6, 6.07) is 11.4. The van der Waals surface area contributed by atoms with Crippen molar-refractivity contribution in [3.63, 3.8) is 0 Å². The summed E-state index contributed by atoms with van der Waals surface area (Å²) in [5.41, 5.74) is 1.09. The highest BCUT2D eigenvalue weighted by Gasteiger charge is 2.38. The predicted octanol–water partition coefficient (Wildman–Crippen LogP) is 8.13. The minimum absolute atomic E-state index is 0.0601. The van der Waals surface area contributed by atoms with Gasteiger partial charge in [-0.15, -0.1) is 11.8 Å². The summed E-state index contributed by atoms with van der Waals surface area (Å²) in [6.07, 6.45) is 13.0. The molecule has 0 aliphatic heterocycles. The molecular formula is C32H44N2O4S. The van der Waals surface area contributed by atoms with Crippen molar-refractivity contribution in [2.45, 2.75) is 115 Å². The molecule has 2 aliphatic rings. The number of esters is 1.